The smallest absolute Gasteiger partial charge is 0.0178 e. The average molecular weight is 155 g/mol. The second-order valence-corrected chi connectivity index (χ2v) is 4.96. The summed E-state index contributed by atoms with van der Waals surface area (Å²) in [7, 11) is 0. The van der Waals surface area contributed by atoms with Gasteiger partial charge in [-0.15, -0.1) is 0 Å². The predicted molar refractivity (Wildman–Crippen MR) is 49.6 cm³/mol. The van der Waals surface area contributed by atoms with Gasteiger partial charge in [-0.1, -0.05) is 20.8 Å². The number of piperidine rings is 1. The van der Waals surface area contributed by atoms with Gasteiger partial charge in [-0.2, -0.15) is 0 Å². The van der Waals surface area contributed by atoms with E-state index in [9.17, 15) is 0 Å². The van der Waals surface area contributed by atoms with E-state index in [1.54, 1.807) is 0 Å². The lowest BCUT2D eigenvalue weighted by atomic mass is 9.63. The van der Waals surface area contributed by atoms with Crippen LogP contribution in [0.2, 0.25) is 0 Å². The summed E-state index contributed by atoms with van der Waals surface area (Å²) < 4.78 is 0. The van der Waals surface area contributed by atoms with Gasteiger partial charge in [-0.25, -0.2) is 0 Å². The Labute approximate surface area is 70.6 Å². The summed E-state index contributed by atoms with van der Waals surface area (Å²) in [6.45, 7) is 12.9. The van der Waals surface area contributed by atoms with E-state index in [1.807, 2.05) is 0 Å². The molecule has 1 saturated heterocycles. The highest BCUT2D eigenvalue weighted by atomic mass is 15.0. The van der Waals surface area contributed by atoms with E-state index in [2.05, 4.69) is 39.9 Å². The summed E-state index contributed by atoms with van der Waals surface area (Å²) in [6, 6.07) is 0. The Balaban J connectivity index is 2.82. The lowest BCUT2D eigenvalue weighted by Crippen LogP contribution is -2.58. The van der Waals surface area contributed by atoms with Gasteiger partial charge in [0.15, 0.2) is 0 Å². The molecule has 0 aromatic rings. The van der Waals surface area contributed by atoms with Crippen molar-refractivity contribution in [3.05, 3.63) is 0 Å². The van der Waals surface area contributed by atoms with Crippen LogP contribution < -0.4 is 5.32 Å². The van der Waals surface area contributed by atoms with Crippen molar-refractivity contribution >= 4 is 0 Å². The molecule has 1 unspecified atom stereocenters. The van der Waals surface area contributed by atoms with Crippen LogP contribution >= 0.6 is 0 Å². The number of hydrogen-bond donors (Lipinski definition) is 1. The predicted octanol–water partition coefficient (Wildman–Crippen LogP) is 2.42. The molecule has 1 nitrogen and oxygen atoms in total. The van der Waals surface area contributed by atoms with Gasteiger partial charge in [-0.05, 0) is 38.1 Å². The number of hydrogen-bond acceptors (Lipinski definition) is 1. The summed E-state index contributed by atoms with van der Waals surface area (Å²) in [5.74, 6) is 0.832. The summed E-state index contributed by atoms with van der Waals surface area (Å²) in [6.07, 6.45) is 1.32. The van der Waals surface area contributed by atoms with Gasteiger partial charge in [-0.3, -0.25) is 0 Å². The third-order valence-electron chi connectivity index (χ3n) is 3.99. The molecule has 1 heteroatoms. The Hall–Kier alpha value is -0.0400. The maximum Gasteiger partial charge on any atom is 0.0178 e. The van der Waals surface area contributed by atoms with Crippen molar-refractivity contribution in [2.24, 2.45) is 11.3 Å². The molecule has 1 aliphatic heterocycles. The van der Waals surface area contributed by atoms with Crippen LogP contribution in [0.4, 0.5) is 0 Å². The van der Waals surface area contributed by atoms with E-state index < -0.39 is 0 Å². The Morgan fingerprint density at radius 1 is 1.18 bits per heavy atom. The SMILES string of the molecule is CC1CCNC(C)(C)C1(C)C. The molecule has 1 fully saturated rings. The minimum Gasteiger partial charge on any atom is -0.311 e. The van der Waals surface area contributed by atoms with Gasteiger partial charge in [0.05, 0.1) is 0 Å². The first-order valence-corrected chi connectivity index (χ1v) is 4.63. The lowest BCUT2D eigenvalue weighted by Gasteiger charge is -2.50. The van der Waals surface area contributed by atoms with Crippen molar-refractivity contribution in [1.82, 2.24) is 5.32 Å². The summed E-state index contributed by atoms with van der Waals surface area (Å²) in [5, 5.41) is 3.58. The average Bonchev–Trinajstić information content (AvgIpc) is 1.84. The molecule has 0 radical (unpaired) electrons. The summed E-state index contributed by atoms with van der Waals surface area (Å²) >= 11 is 0. The first-order valence-electron chi connectivity index (χ1n) is 4.63. The molecule has 1 atom stereocenters. The van der Waals surface area contributed by atoms with E-state index in [4.69, 9.17) is 0 Å². The van der Waals surface area contributed by atoms with Crippen LogP contribution in [0.1, 0.15) is 41.0 Å². The molecule has 0 spiro atoms. The first-order chi connectivity index (χ1) is 4.88. The molecule has 0 saturated carbocycles. The van der Waals surface area contributed by atoms with E-state index in [1.165, 1.54) is 13.0 Å². The van der Waals surface area contributed by atoms with Crippen molar-refractivity contribution in [2.75, 3.05) is 6.54 Å². The minimum atomic E-state index is 0.296. The van der Waals surface area contributed by atoms with E-state index in [0.717, 1.165) is 5.92 Å². The van der Waals surface area contributed by atoms with E-state index >= 15 is 0 Å². The largest absolute Gasteiger partial charge is 0.311 e. The first kappa shape index (κ1) is 9.05. The van der Waals surface area contributed by atoms with Crippen LogP contribution in [0.5, 0.6) is 0 Å². The normalized spacial score (nSPS) is 35.2. The third-order valence-corrected chi connectivity index (χ3v) is 3.99. The fraction of sp³-hybridized carbons (Fsp3) is 1.00. The van der Waals surface area contributed by atoms with Crippen molar-refractivity contribution in [1.29, 1.82) is 0 Å². The number of nitrogens with one attached hydrogen (secondary N) is 1. The van der Waals surface area contributed by atoms with Gasteiger partial charge in [0.25, 0.3) is 0 Å². The molecule has 0 bridgehead atoms. The van der Waals surface area contributed by atoms with Crippen LogP contribution in [0.25, 0.3) is 0 Å². The quantitative estimate of drug-likeness (QED) is 0.566. The summed E-state index contributed by atoms with van der Waals surface area (Å²) in [4.78, 5) is 0. The lowest BCUT2D eigenvalue weighted by molar-refractivity contribution is 0.0469. The Morgan fingerprint density at radius 2 is 1.73 bits per heavy atom. The van der Waals surface area contributed by atoms with Gasteiger partial charge >= 0.3 is 0 Å². The molecule has 0 aromatic heterocycles. The van der Waals surface area contributed by atoms with Crippen LogP contribution in [-0.4, -0.2) is 12.1 Å². The van der Waals surface area contributed by atoms with Crippen molar-refractivity contribution in [3.8, 4) is 0 Å². The standard InChI is InChI=1S/C10H21N/c1-8-6-7-11-10(4,5)9(8,2)3/h8,11H,6-7H2,1-5H3. The maximum absolute atomic E-state index is 3.58. The fourth-order valence-electron chi connectivity index (χ4n) is 1.81. The Kier molecular flexibility index (Phi) is 2.04. The highest BCUT2D eigenvalue weighted by Gasteiger charge is 2.43. The summed E-state index contributed by atoms with van der Waals surface area (Å²) in [5.41, 5.74) is 0.718. The monoisotopic (exact) mass is 155 g/mol. The highest BCUT2D eigenvalue weighted by Crippen LogP contribution is 2.41. The second kappa shape index (κ2) is 2.48. The van der Waals surface area contributed by atoms with Gasteiger partial charge in [0.2, 0.25) is 0 Å². The maximum atomic E-state index is 3.58. The zero-order valence-electron chi connectivity index (χ0n) is 8.49. The van der Waals surface area contributed by atoms with Gasteiger partial charge in [0, 0.05) is 5.54 Å². The van der Waals surface area contributed by atoms with Gasteiger partial charge < -0.3 is 5.32 Å². The molecular weight excluding hydrogens is 134 g/mol. The van der Waals surface area contributed by atoms with E-state index in [-0.39, 0.29) is 0 Å². The minimum absolute atomic E-state index is 0.296. The molecule has 0 aromatic carbocycles. The molecule has 0 aliphatic carbocycles. The van der Waals surface area contributed by atoms with Crippen molar-refractivity contribution in [2.45, 2.75) is 46.6 Å². The fourth-order valence-corrected chi connectivity index (χ4v) is 1.81. The Bertz CT molecular complexity index is 147. The van der Waals surface area contributed by atoms with Crippen molar-refractivity contribution in [3.63, 3.8) is 0 Å². The van der Waals surface area contributed by atoms with Crippen LogP contribution in [0.15, 0.2) is 0 Å². The molecular formula is C10H21N. The molecule has 1 aliphatic rings. The third kappa shape index (κ3) is 1.31. The second-order valence-electron chi connectivity index (χ2n) is 4.96. The topological polar surface area (TPSA) is 12.0 Å². The Morgan fingerprint density at radius 3 is 2.09 bits per heavy atom. The molecule has 11 heavy (non-hydrogen) atoms. The molecule has 0 amide bonds. The van der Waals surface area contributed by atoms with Crippen LogP contribution in [0, 0.1) is 11.3 Å². The van der Waals surface area contributed by atoms with Crippen molar-refractivity contribution < 1.29 is 0 Å². The molecule has 66 valence electrons. The molecule has 1 heterocycles. The zero-order valence-corrected chi connectivity index (χ0v) is 8.49. The van der Waals surface area contributed by atoms with Gasteiger partial charge in [0.1, 0.15) is 0 Å². The molecule has 1 rings (SSSR count). The number of rotatable bonds is 0. The van der Waals surface area contributed by atoms with E-state index in [0.29, 0.717) is 11.0 Å². The van der Waals surface area contributed by atoms with Crippen LogP contribution in [0.3, 0.4) is 0 Å². The van der Waals surface area contributed by atoms with Crippen LogP contribution in [-0.2, 0) is 0 Å². The highest BCUT2D eigenvalue weighted by molar-refractivity contribution is 4.99. The zero-order chi connectivity index (χ0) is 8.70. The molecule has 1 N–H and O–H groups in total.